The van der Waals surface area contributed by atoms with Gasteiger partial charge in [-0.3, -0.25) is 0 Å². The Morgan fingerprint density at radius 3 is 2.80 bits per heavy atom. The number of ether oxygens (including phenoxy) is 1. The van der Waals surface area contributed by atoms with Crippen molar-refractivity contribution in [3.05, 3.63) is 0 Å². The highest BCUT2D eigenvalue weighted by Crippen LogP contribution is 2.24. The lowest BCUT2D eigenvalue weighted by atomic mass is 9.95. The third-order valence-electron chi connectivity index (χ3n) is 3.59. The van der Waals surface area contributed by atoms with Gasteiger partial charge in [0.05, 0.1) is 6.10 Å². The highest BCUT2D eigenvalue weighted by atomic mass is 16.5. The molecule has 88 valence electrons. The van der Waals surface area contributed by atoms with E-state index in [1.807, 2.05) is 0 Å². The van der Waals surface area contributed by atoms with E-state index in [4.69, 9.17) is 4.74 Å². The molecule has 1 aliphatic carbocycles. The Morgan fingerprint density at radius 2 is 2.20 bits per heavy atom. The molecule has 1 aliphatic heterocycles. The molecule has 1 N–H and O–H groups in total. The van der Waals surface area contributed by atoms with Gasteiger partial charge in [0.1, 0.15) is 0 Å². The van der Waals surface area contributed by atoms with Crippen LogP contribution in [0.25, 0.3) is 0 Å². The van der Waals surface area contributed by atoms with E-state index in [0.717, 1.165) is 18.6 Å². The first-order valence-electron chi connectivity index (χ1n) is 6.73. The van der Waals surface area contributed by atoms with Crippen molar-refractivity contribution < 1.29 is 4.74 Å². The third-order valence-corrected chi connectivity index (χ3v) is 3.59. The van der Waals surface area contributed by atoms with E-state index in [1.165, 1.54) is 51.5 Å². The Balaban J connectivity index is 1.65. The van der Waals surface area contributed by atoms with Gasteiger partial charge >= 0.3 is 0 Å². The van der Waals surface area contributed by atoms with E-state index in [-0.39, 0.29) is 0 Å². The van der Waals surface area contributed by atoms with Gasteiger partial charge in [0.2, 0.25) is 0 Å². The van der Waals surface area contributed by atoms with Crippen LogP contribution in [-0.4, -0.2) is 25.3 Å². The SMILES string of the molecule is CCCC(CNC1CC1)CC1CCCO1. The van der Waals surface area contributed by atoms with Gasteiger partial charge in [0.25, 0.3) is 0 Å². The first-order chi connectivity index (χ1) is 7.38. The second-order valence-electron chi connectivity index (χ2n) is 5.21. The molecule has 15 heavy (non-hydrogen) atoms. The lowest BCUT2D eigenvalue weighted by Crippen LogP contribution is -2.27. The first kappa shape index (κ1) is 11.4. The standard InChI is InChI=1S/C13H25NO/c1-2-4-11(10-14-12-6-7-12)9-13-5-3-8-15-13/h11-14H,2-10H2,1H3. The van der Waals surface area contributed by atoms with Gasteiger partial charge < -0.3 is 10.1 Å². The molecule has 2 heteroatoms. The number of hydrogen-bond acceptors (Lipinski definition) is 2. The molecule has 0 aromatic carbocycles. The van der Waals surface area contributed by atoms with E-state index < -0.39 is 0 Å². The van der Waals surface area contributed by atoms with Crippen LogP contribution in [0, 0.1) is 5.92 Å². The van der Waals surface area contributed by atoms with Crippen LogP contribution in [0.2, 0.25) is 0 Å². The first-order valence-corrected chi connectivity index (χ1v) is 6.73. The number of rotatable bonds is 7. The lowest BCUT2D eigenvalue weighted by molar-refractivity contribution is 0.0877. The molecule has 1 saturated heterocycles. The molecule has 2 aliphatic rings. The van der Waals surface area contributed by atoms with Crippen LogP contribution in [0.3, 0.4) is 0 Å². The average Bonchev–Trinajstić information content (AvgIpc) is 2.93. The summed E-state index contributed by atoms with van der Waals surface area (Å²) in [5.41, 5.74) is 0. The Labute approximate surface area is 93.8 Å². The molecule has 0 aromatic rings. The van der Waals surface area contributed by atoms with Crippen molar-refractivity contribution in [1.29, 1.82) is 0 Å². The Kier molecular flexibility index (Phi) is 4.45. The summed E-state index contributed by atoms with van der Waals surface area (Å²) in [4.78, 5) is 0. The maximum absolute atomic E-state index is 5.72. The van der Waals surface area contributed by atoms with Crippen LogP contribution in [-0.2, 0) is 4.74 Å². The van der Waals surface area contributed by atoms with E-state index in [1.54, 1.807) is 0 Å². The second kappa shape index (κ2) is 5.86. The highest BCUT2D eigenvalue weighted by molar-refractivity contribution is 4.82. The molecule has 1 heterocycles. The maximum Gasteiger partial charge on any atom is 0.0579 e. The van der Waals surface area contributed by atoms with Gasteiger partial charge in [-0.1, -0.05) is 13.3 Å². The van der Waals surface area contributed by atoms with Crippen molar-refractivity contribution in [2.75, 3.05) is 13.2 Å². The molecule has 0 radical (unpaired) electrons. The molecule has 0 amide bonds. The van der Waals surface area contributed by atoms with E-state index in [0.29, 0.717) is 6.10 Å². The topological polar surface area (TPSA) is 21.3 Å². The van der Waals surface area contributed by atoms with Crippen LogP contribution < -0.4 is 5.32 Å². The van der Waals surface area contributed by atoms with E-state index in [9.17, 15) is 0 Å². The molecule has 0 spiro atoms. The number of nitrogens with one attached hydrogen (secondary N) is 1. The van der Waals surface area contributed by atoms with Gasteiger partial charge in [-0.25, -0.2) is 0 Å². The molecule has 2 rings (SSSR count). The smallest absolute Gasteiger partial charge is 0.0579 e. The normalized spacial score (nSPS) is 28.2. The van der Waals surface area contributed by atoms with Crippen molar-refractivity contribution >= 4 is 0 Å². The maximum atomic E-state index is 5.72. The predicted molar refractivity (Wildman–Crippen MR) is 63.0 cm³/mol. The monoisotopic (exact) mass is 211 g/mol. The molecule has 2 atom stereocenters. The lowest BCUT2D eigenvalue weighted by Gasteiger charge is -2.20. The molecular formula is C13H25NO. The minimum atomic E-state index is 0.572. The predicted octanol–water partition coefficient (Wildman–Crippen LogP) is 2.72. The van der Waals surface area contributed by atoms with Gasteiger partial charge in [-0.15, -0.1) is 0 Å². The molecular weight excluding hydrogens is 186 g/mol. The van der Waals surface area contributed by atoms with Crippen LogP contribution in [0.4, 0.5) is 0 Å². The fourth-order valence-corrected chi connectivity index (χ4v) is 2.53. The zero-order chi connectivity index (χ0) is 10.5. The summed E-state index contributed by atoms with van der Waals surface area (Å²) in [6.45, 7) is 4.51. The summed E-state index contributed by atoms with van der Waals surface area (Å²) in [5.74, 6) is 0.846. The third kappa shape index (κ3) is 4.12. The van der Waals surface area contributed by atoms with Crippen molar-refractivity contribution in [3.63, 3.8) is 0 Å². The van der Waals surface area contributed by atoms with Gasteiger partial charge in [0.15, 0.2) is 0 Å². The van der Waals surface area contributed by atoms with Crippen LogP contribution in [0.1, 0.15) is 51.9 Å². The molecule has 2 nitrogen and oxygen atoms in total. The Morgan fingerprint density at radius 1 is 1.33 bits per heavy atom. The zero-order valence-corrected chi connectivity index (χ0v) is 10.0. The quantitative estimate of drug-likeness (QED) is 0.699. The summed E-state index contributed by atoms with van der Waals surface area (Å²) >= 11 is 0. The van der Waals surface area contributed by atoms with Crippen molar-refractivity contribution in [1.82, 2.24) is 5.32 Å². The summed E-state index contributed by atoms with van der Waals surface area (Å²) in [6, 6.07) is 0.855. The second-order valence-corrected chi connectivity index (χ2v) is 5.21. The summed E-state index contributed by atoms with van der Waals surface area (Å²) in [7, 11) is 0. The largest absolute Gasteiger partial charge is 0.378 e. The summed E-state index contributed by atoms with van der Waals surface area (Å²) in [6.07, 6.45) is 9.90. The molecule has 1 saturated carbocycles. The molecule has 0 bridgehead atoms. The average molecular weight is 211 g/mol. The van der Waals surface area contributed by atoms with E-state index >= 15 is 0 Å². The van der Waals surface area contributed by atoms with Crippen molar-refractivity contribution in [2.24, 2.45) is 5.92 Å². The minimum Gasteiger partial charge on any atom is -0.378 e. The molecule has 2 fully saturated rings. The highest BCUT2D eigenvalue weighted by Gasteiger charge is 2.24. The molecule has 0 aromatic heterocycles. The Hall–Kier alpha value is -0.0800. The fraction of sp³-hybridized carbons (Fsp3) is 1.00. The van der Waals surface area contributed by atoms with Crippen LogP contribution in [0.5, 0.6) is 0 Å². The zero-order valence-electron chi connectivity index (χ0n) is 10.0. The van der Waals surface area contributed by atoms with Gasteiger partial charge in [0, 0.05) is 12.6 Å². The Bertz CT molecular complexity index is 173. The minimum absolute atomic E-state index is 0.572. The van der Waals surface area contributed by atoms with Crippen molar-refractivity contribution in [3.8, 4) is 0 Å². The fourth-order valence-electron chi connectivity index (χ4n) is 2.53. The van der Waals surface area contributed by atoms with Gasteiger partial charge in [-0.05, 0) is 51.0 Å². The van der Waals surface area contributed by atoms with Gasteiger partial charge in [-0.2, -0.15) is 0 Å². The summed E-state index contributed by atoms with van der Waals surface area (Å²) in [5, 5.41) is 3.66. The summed E-state index contributed by atoms with van der Waals surface area (Å²) < 4.78 is 5.72. The number of hydrogen-bond donors (Lipinski definition) is 1. The molecule has 2 unspecified atom stereocenters. The van der Waals surface area contributed by atoms with E-state index in [2.05, 4.69) is 12.2 Å². The van der Waals surface area contributed by atoms with Crippen molar-refractivity contribution in [2.45, 2.75) is 64.0 Å². The van der Waals surface area contributed by atoms with Crippen LogP contribution in [0.15, 0.2) is 0 Å². The van der Waals surface area contributed by atoms with Crippen LogP contribution >= 0.6 is 0 Å².